The lowest BCUT2D eigenvalue weighted by atomic mass is 10.2. The van der Waals surface area contributed by atoms with E-state index in [1.54, 1.807) is 0 Å². The van der Waals surface area contributed by atoms with Gasteiger partial charge in [0.25, 0.3) is 0 Å². The van der Waals surface area contributed by atoms with Crippen LogP contribution < -0.4 is 0 Å². The predicted octanol–water partition coefficient (Wildman–Crippen LogP) is 2.54. The molecule has 1 atom stereocenters. The number of hydrogen-bond donors (Lipinski definition) is 1. The zero-order chi connectivity index (χ0) is 13.3. The fourth-order valence-electron chi connectivity index (χ4n) is 1.59. The van der Waals surface area contributed by atoms with Gasteiger partial charge in [0, 0.05) is 24.8 Å². The molecule has 0 spiro atoms. The first-order chi connectivity index (χ1) is 7.63. The zero-order valence-electron chi connectivity index (χ0n) is 11.6. The van der Waals surface area contributed by atoms with Crippen LogP contribution in [0.3, 0.4) is 0 Å². The lowest BCUT2D eigenvalue weighted by Gasteiger charge is -2.36. The average molecular weight is 275 g/mol. The summed E-state index contributed by atoms with van der Waals surface area (Å²) in [7, 11) is -1.67. The van der Waals surface area contributed by atoms with E-state index in [-0.39, 0.29) is 16.2 Å². The lowest BCUT2D eigenvalue weighted by molar-refractivity contribution is -0.128. The van der Waals surface area contributed by atoms with Crippen LogP contribution in [-0.4, -0.2) is 44.1 Å². The Morgan fingerprint density at radius 2 is 2.06 bits per heavy atom. The van der Waals surface area contributed by atoms with Crippen molar-refractivity contribution in [1.82, 2.24) is 4.90 Å². The van der Waals surface area contributed by atoms with E-state index in [1.165, 1.54) is 0 Å². The topological polar surface area (TPSA) is 29.5 Å². The molecule has 1 unspecified atom stereocenters. The molecule has 100 valence electrons. The standard InChI is InChI=1S/C12H25NO2SSi/c1-12(2,3)17(4,5)15-7-6-13-9-10(16)8-11(13)14/h10,16H,6-9H2,1-5H3. The Morgan fingerprint density at radius 3 is 2.47 bits per heavy atom. The van der Waals surface area contributed by atoms with Crippen molar-refractivity contribution in [2.75, 3.05) is 19.7 Å². The van der Waals surface area contributed by atoms with Gasteiger partial charge in [0.1, 0.15) is 0 Å². The number of nitrogens with zero attached hydrogens (tertiary/aromatic N) is 1. The van der Waals surface area contributed by atoms with Crippen molar-refractivity contribution in [3.63, 3.8) is 0 Å². The molecule has 0 bridgehead atoms. The second-order valence-corrected chi connectivity index (χ2v) is 11.8. The molecule has 17 heavy (non-hydrogen) atoms. The molecule has 5 heteroatoms. The highest BCUT2D eigenvalue weighted by atomic mass is 32.1. The van der Waals surface area contributed by atoms with Crippen LogP contribution >= 0.6 is 12.6 Å². The fourth-order valence-corrected chi connectivity index (χ4v) is 2.98. The molecular weight excluding hydrogens is 250 g/mol. The van der Waals surface area contributed by atoms with E-state index in [4.69, 9.17) is 4.43 Å². The Balaban J connectivity index is 2.36. The Labute approximate surface area is 111 Å². The van der Waals surface area contributed by atoms with Gasteiger partial charge in [-0.05, 0) is 18.1 Å². The van der Waals surface area contributed by atoms with Gasteiger partial charge in [0.05, 0.1) is 6.61 Å². The molecule has 1 aliphatic heterocycles. The summed E-state index contributed by atoms with van der Waals surface area (Å²) in [6.45, 7) is 13.3. The lowest BCUT2D eigenvalue weighted by Crippen LogP contribution is -2.43. The Bertz CT molecular complexity index is 289. The number of carbonyl (C=O) groups is 1. The van der Waals surface area contributed by atoms with Crippen molar-refractivity contribution in [3.05, 3.63) is 0 Å². The number of thiol groups is 1. The number of amides is 1. The summed E-state index contributed by atoms with van der Waals surface area (Å²) in [4.78, 5) is 13.4. The molecule has 0 radical (unpaired) electrons. The first-order valence-electron chi connectivity index (χ1n) is 6.23. The highest BCUT2D eigenvalue weighted by Crippen LogP contribution is 2.36. The fraction of sp³-hybridized carbons (Fsp3) is 0.917. The van der Waals surface area contributed by atoms with E-state index >= 15 is 0 Å². The SMILES string of the molecule is CC(C)(C)[Si](C)(C)OCCN1CC(S)CC1=O. The normalized spacial score (nSPS) is 22.4. The summed E-state index contributed by atoms with van der Waals surface area (Å²) in [6, 6.07) is 0. The van der Waals surface area contributed by atoms with Gasteiger partial charge in [-0.3, -0.25) is 4.79 Å². The van der Waals surface area contributed by atoms with Gasteiger partial charge >= 0.3 is 0 Å². The molecular formula is C12H25NO2SSi. The minimum absolute atomic E-state index is 0.204. The molecule has 0 aliphatic carbocycles. The van der Waals surface area contributed by atoms with Crippen LogP contribution in [-0.2, 0) is 9.22 Å². The molecule has 1 saturated heterocycles. The van der Waals surface area contributed by atoms with Crippen LogP contribution in [0.1, 0.15) is 27.2 Å². The summed E-state index contributed by atoms with van der Waals surface area (Å²) in [5.74, 6) is 0.212. The Hall–Kier alpha value is -0.00312. The van der Waals surface area contributed by atoms with E-state index in [1.807, 2.05) is 4.90 Å². The van der Waals surface area contributed by atoms with Crippen LogP contribution in [0.2, 0.25) is 18.1 Å². The molecule has 3 nitrogen and oxygen atoms in total. The molecule has 1 fully saturated rings. The molecule has 1 amide bonds. The highest BCUT2D eigenvalue weighted by Gasteiger charge is 2.37. The Morgan fingerprint density at radius 1 is 1.47 bits per heavy atom. The Kier molecular flexibility index (Phi) is 4.71. The summed E-state index contributed by atoms with van der Waals surface area (Å²) in [5, 5.41) is 0.434. The molecule has 0 saturated carbocycles. The van der Waals surface area contributed by atoms with Crippen LogP contribution in [0.5, 0.6) is 0 Å². The largest absolute Gasteiger partial charge is 0.415 e. The molecule has 0 aromatic rings. The van der Waals surface area contributed by atoms with Gasteiger partial charge < -0.3 is 9.33 Å². The third kappa shape index (κ3) is 4.00. The third-order valence-corrected chi connectivity index (χ3v) is 8.71. The van der Waals surface area contributed by atoms with Gasteiger partial charge in [-0.1, -0.05) is 20.8 Å². The maximum atomic E-state index is 11.6. The van der Waals surface area contributed by atoms with E-state index < -0.39 is 8.32 Å². The van der Waals surface area contributed by atoms with Gasteiger partial charge in [-0.2, -0.15) is 12.6 Å². The van der Waals surface area contributed by atoms with Crippen molar-refractivity contribution >= 4 is 26.9 Å². The molecule has 1 aliphatic rings. The van der Waals surface area contributed by atoms with E-state index in [2.05, 4.69) is 46.5 Å². The van der Waals surface area contributed by atoms with Crippen molar-refractivity contribution in [2.24, 2.45) is 0 Å². The molecule has 1 heterocycles. The predicted molar refractivity (Wildman–Crippen MR) is 77.1 cm³/mol. The third-order valence-electron chi connectivity index (χ3n) is 3.82. The van der Waals surface area contributed by atoms with Crippen molar-refractivity contribution in [2.45, 2.75) is 50.6 Å². The van der Waals surface area contributed by atoms with Crippen LogP contribution in [0.25, 0.3) is 0 Å². The van der Waals surface area contributed by atoms with Crippen molar-refractivity contribution in [3.8, 4) is 0 Å². The van der Waals surface area contributed by atoms with Crippen molar-refractivity contribution < 1.29 is 9.22 Å². The second-order valence-electron chi connectivity index (χ2n) is 6.31. The molecule has 0 N–H and O–H groups in total. The van der Waals surface area contributed by atoms with Gasteiger partial charge in [-0.25, -0.2) is 0 Å². The van der Waals surface area contributed by atoms with E-state index in [0.29, 0.717) is 19.6 Å². The molecule has 0 aromatic heterocycles. The minimum atomic E-state index is -1.67. The first-order valence-corrected chi connectivity index (χ1v) is 9.66. The van der Waals surface area contributed by atoms with Gasteiger partial charge in [0.2, 0.25) is 5.91 Å². The van der Waals surface area contributed by atoms with E-state index in [9.17, 15) is 4.79 Å². The smallest absolute Gasteiger partial charge is 0.223 e. The average Bonchev–Trinajstić information content (AvgIpc) is 2.43. The monoisotopic (exact) mass is 275 g/mol. The summed E-state index contributed by atoms with van der Waals surface area (Å²) >= 11 is 4.34. The molecule has 1 rings (SSSR count). The van der Waals surface area contributed by atoms with Gasteiger partial charge in [-0.15, -0.1) is 0 Å². The van der Waals surface area contributed by atoms with E-state index in [0.717, 1.165) is 6.54 Å². The zero-order valence-corrected chi connectivity index (χ0v) is 13.5. The van der Waals surface area contributed by atoms with Crippen LogP contribution in [0, 0.1) is 0 Å². The summed E-state index contributed by atoms with van der Waals surface area (Å²) in [6.07, 6.45) is 0.573. The quantitative estimate of drug-likeness (QED) is 0.631. The maximum Gasteiger partial charge on any atom is 0.223 e. The van der Waals surface area contributed by atoms with Crippen LogP contribution in [0.15, 0.2) is 0 Å². The minimum Gasteiger partial charge on any atom is -0.415 e. The maximum absolute atomic E-state index is 11.6. The van der Waals surface area contributed by atoms with Crippen molar-refractivity contribution in [1.29, 1.82) is 0 Å². The first kappa shape index (κ1) is 15.1. The summed E-state index contributed by atoms with van der Waals surface area (Å²) in [5.41, 5.74) is 0. The number of hydrogen-bond acceptors (Lipinski definition) is 3. The number of carbonyl (C=O) groups excluding carboxylic acids is 1. The molecule has 0 aromatic carbocycles. The highest BCUT2D eigenvalue weighted by molar-refractivity contribution is 7.81. The second kappa shape index (κ2) is 5.32. The van der Waals surface area contributed by atoms with Crippen LogP contribution in [0.4, 0.5) is 0 Å². The summed E-state index contributed by atoms with van der Waals surface area (Å²) < 4.78 is 6.06. The van der Waals surface area contributed by atoms with Gasteiger partial charge in [0.15, 0.2) is 8.32 Å². The number of likely N-dealkylation sites (tertiary alicyclic amines) is 1. The number of rotatable bonds is 4.